The van der Waals surface area contributed by atoms with Gasteiger partial charge < -0.3 is 15.1 Å². The molecular weight excluding hydrogens is 434 g/mol. The summed E-state index contributed by atoms with van der Waals surface area (Å²) < 4.78 is 0. The molecule has 3 aromatic rings. The number of rotatable bonds is 8. The molecule has 0 spiro atoms. The van der Waals surface area contributed by atoms with Crippen LogP contribution < -0.4 is 10.2 Å². The van der Waals surface area contributed by atoms with E-state index in [1.807, 2.05) is 86.3 Å². The van der Waals surface area contributed by atoms with Gasteiger partial charge in [-0.1, -0.05) is 67.9 Å². The molecule has 0 atom stereocenters. The number of nitrogens with one attached hydrogen (secondary N) is 1. The van der Waals surface area contributed by atoms with Gasteiger partial charge in [-0.3, -0.25) is 9.59 Å². The molecule has 0 unspecified atom stereocenters. The number of hydrogen-bond acceptors (Lipinski definition) is 3. The van der Waals surface area contributed by atoms with Crippen molar-refractivity contribution in [1.29, 1.82) is 0 Å². The van der Waals surface area contributed by atoms with Gasteiger partial charge in [0.1, 0.15) is 0 Å². The third-order valence-corrected chi connectivity index (χ3v) is 5.65. The van der Waals surface area contributed by atoms with Gasteiger partial charge in [-0.15, -0.1) is 0 Å². The minimum atomic E-state index is -0.274. The summed E-state index contributed by atoms with van der Waals surface area (Å²) in [7, 11) is 3.93. The zero-order valence-electron chi connectivity index (χ0n) is 19.5. The number of anilines is 2. The second kappa shape index (κ2) is 11.0. The highest BCUT2D eigenvalue weighted by atomic mass is 35.5. The molecule has 172 valence electrons. The molecule has 0 saturated heterocycles. The first-order valence-electron chi connectivity index (χ1n) is 10.9. The highest BCUT2D eigenvalue weighted by Gasteiger charge is 2.20. The van der Waals surface area contributed by atoms with E-state index in [2.05, 4.69) is 5.32 Å². The normalized spacial score (nSPS) is 10.7. The summed E-state index contributed by atoms with van der Waals surface area (Å²) in [5, 5.41) is 3.33. The Hall–Kier alpha value is -3.31. The Labute approximate surface area is 201 Å². The second-order valence-corrected chi connectivity index (χ2v) is 8.91. The summed E-state index contributed by atoms with van der Waals surface area (Å²) in [6.45, 7) is 4.76. The van der Waals surface area contributed by atoms with Gasteiger partial charge in [0, 0.05) is 44.5 Å². The van der Waals surface area contributed by atoms with Gasteiger partial charge in [-0.2, -0.15) is 0 Å². The molecule has 1 N–H and O–H groups in total. The Kier molecular flexibility index (Phi) is 8.12. The van der Waals surface area contributed by atoms with Crippen molar-refractivity contribution >= 4 is 34.8 Å². The predicted molar refractivity (Wildman–Crippen MR) is 136 cm³/mol. The van der Waals surface area contributed by atoms with E-state index < -0.39 is 0 Å². The van der Waals surface area contributed by atoms with Crippen molar-refractivity contribution < 1.29 is 9.59 Å². The number of hydrogen-bond donors (Lipinski definition) is 1. The van der Waals surface area contributed by atoms with Crippen molar-refractivity contribution in [3.05, 3.63) is 94.5 Å². The lowest BCUT2D eigenvalue weighted by Crippen LogP contribution is -2.34. The first-order valence-corrected chi connectivity index (χ1v) is 11.3. The maximum absolute atomic E-state index is 13.0. The zero-order chi connectivity index (χ0) is 24.0. The van der Waals surface area contributed by atoms with E-state index in [0.29, 0.717) is 29.4 Å². The van der Waals surface area contributed by atoms with Crippen molar-refractivity contribution in [1.82, 2.24) is 4.90 Å². The Morgan fingerprint density at radius 2 is 1.58 bits per heavy atom. The van der Waals surface area contributed by atoms with E-state index in [-0.39, 0.29) is 17.7 Å². The van der Waals surface area contributed by atoms with Gasteiger partial charge in [0.15, 0.2) is 0 Å². The van der Waals surface area contributed by atoms with Crippen molar-refractivity contribution in [2.75, 3.05) is 24.3 Å². The Morgan fingerprint density at radius 1 is 0.909 bits per heavy atom. The average molecular weight is 464 g/mol. The summed E-state index contributed by atoms with van der Waals surface area (Å²) >= 11 is 6.18. The monoisotopic (exact) mass is 463 g/mol. The van der Waals surface area contributed by atoms with Gasteiger partial charge in [0.2, 0.25) is 5.91 Å². The van der Waals surface area contributed by atoms with Gasteiger partial charge in [0.25, 0.3) is 5.91 Å². The molecule has 3 aromatic carbocycles. The molecular formula is C27H30ClN3O2. The fourth-order valence-electron chi connectivity index (χ4n) is 3.66. The zero-order valence-corrected chi connectivity index (χ0v) is 20.3. The Balaban J connectivity index is 1.90. The number of benzene rings is 3. The average Bonchev–Trinajstić information content (AvgIpc) is 2.79. The summed E-state index contributed by atoms with van der Waals surface area (Å²) in [5.74, 6) is -0.322. The number of amides is 2. The Bertz CT molecular complexity index is 1110. The SMILES string of the molecule is CC(C)C(=O)N(Cc1ccccc1)Cc1cc(NC(=O)c2ccccc2Cl)ccc1N(C)C. The van der Waals surface area contributed by atoms with Crippen LogP contribution >= 0.6 is 11.6 Å². The summed E-state index contributed by atoms with van der Waals surface area (Å²) in [5.41, 5.74) is 4.07. The van der Waals surface area contributed by atoms with Crippen LogP contribution in [0.4, 0.5) is 11.4 Å². The van der Waals surface area contributed by atoms with E-state index in [9.17, 15) is 9.59 Å². The molecule has 0 aliphatic heterocycles. The van der Waals surface area contributed by atoms with Crippen molar-refractivity contribution in [2.45, 2.75) is 26.9 Å². The van der Waals surface area contributed by atoms with Crippen LogP contribution in [0.2, 0.25) is 5.02 Å². The van der Waals surface area contributed by atoms with Crippen molar-refractivity contribution in [2.24, 2.45) is 5.92 Å². The van der Waals surface area contributed by atoms with E-state index in [0.717, 1.165) is 16.8 Å². The molecule has 0 bridgehead atoms. The molecule has 0 radical (unpaired) electrons. The molecule has 0 aliphatic carbocycles. The van der Waals surface area contributed by atoms with Gasteiger partial charge >= 0.3 is 0 Å². The molecule has 0 aliphatic rings. The first-order chi connectivity index (χ1) is 15.8. The van der Waals surface area contributed by atoms with Crippen molar-refractivity contribution in [3.63, 3.8) is 0 Å². The fraction of sp³-hybridized carbons (Fsp3) is 0.259. The first kappa shape index (κ1) is 24.3. The summed E-state index contributed by atoms with van der Waals surface area (Å²) in [6, 6.07) is 22.6. The fourth-order valence-corrected chi connectivity index (χ4v) is 3.88. The second-order valence-electron chi connectivity index (χ2n) is 8.51. The molecule has 6 heteroatoms. The predicted octanol–water partition coefficient (Wildman–Crippen LogP) is 5.84. The van der Waals surface area contributed by atoms with Gasteiger partial charge in [0.05, 0.1) is 10.6 Å². The standard InChI is InChI=1S/C27H30ClN3O2/c1-19(2)27(33)31(17-20-10-6-5-7-11-20)18-21-16-22(14-15-25(21)30(3)4)29-26(32)23-12-8-9-13-24(23)28/h5-16,19H,17-18H2,1-4H3,(H,29,32). The Morgan fingerprint density at radius 3 is 2.21 bits per heavy atom. The summed E-state index contributed by atoms with van der Waals surface area (Å²) in [6.07, 6.45) is 0. The topological polar surface area (TPSA) is 52.7 Å². The number of carbonyl (C=O) groups is 2. The minimum absolute atomic E-state index is 0.0778. The largest absolute Gasteiger partial charge is 0.377 e. The molecule has 0 fully saturated rings. The molecule has 5 nitrogen and oxygen atoms in total. The van der Waals surface area contributed by atoms with Crippen LogP contribution in [-0.4, -0.2) is 30.8 Å². The molecule has 0 aromatic heterocycles. The third-order valence-electron chi connectivity index (χ3n) is 5.32. The third kappa shape index (κ3) is 6.36. The summed E-state index contributed by atoms with van der Waals surface area (Å²) in [4.78, 5) is 29.7. The molecule has 3 rings (SSSR count). The lowest BCUT2D eigenvalue weighted by Gasteiger charge is -2.28. The van der Waals surface area contributed by atoms with Crippen molar-refractivity contribution in [3.8, 4) is 0 Å². The maximum atomic E-state index is 13.0. The van der Waals surface area contributed by atoms with Gasteiger partial charge in [-0.25, -0.2) is 0 Å². The van der Waals surface area contributed by atoms with Gasteiger partial charge in [-0.05, 0) is 41.5 Å². The number of carbonyl (C=O) groups excluding carboxylic acids is 2. The van der Waals surface area contributed by atoms with Crippen LogP contribution in [0.25, 0.3) is 0 Å². The molecule has 2 amide bonds. The van der Waals surface area contributed by atoms with Crippen LogP contribution in [0.15, 0.2) is 72.8 Å². The smallest absolute Gasteiger partial charge is 0.257 e. The molecule has 0 heterocycles. The van der Waals surface area contributed by atoms with Crippen LogP contribution in [0, 0.1) is 5.92 Å². The van der Waals surface area contributed by atoms with Crippen LogP contribution in [0.5, 0.6) is 0 Å². The molecule has 33 heavy (non-hydrogen) atoms. The van der Waals surface area contributed by atoms with Crippen LogP contribution in [-0.2, 0) is 17.9 Å². The highest BCUT2D eigenvalue weighted by Crippen LogP contribution is 2.27. The lowest BCUT2D eigenvalue weighted by molar-refractivity contribution is -0.135. The number of halogens is 1. The van der Waals surface area contributed by atoms with Crippen LogP contribution in [0.3, 0.4) is 0 Å². The van der Waals surface area contributed by atoms with E-state index in [1.54, 1.807) is 24.3 Å². The van der Waals surface area contributed by atoms with E-state index in [4.69, 9.17) is 11.6 Å². The number of nitrogens with zero attached hydrogens (tertiary/aromatic N) is 2. The minimum Gasteiger partial charge on any atom is -0.377 e. The quantitative estimate of drug-likeness (QED) is 0.456. The van der Waals surface area contributed by atoms with E-state index >= 15 is 0 Å². The highest BCUT2D eigenvalue weighted by molar-refractivity contribution is 6.34. The van der Waals surface area contributed by atoms with E-state index in [1.165, 1.54) is 0 Å². The molecule has 0 saturated carbocycles. The lowest BCUT2D eigenvalue weighted by atomic mass is 10.1. The van der Waals surface area contributed by atoms with Crippen LogP contribution in [0.1, 0.15) is 35.3 Å². The maximum Gasteiger partial charge on any atom is 0.257 e.